The predicted octanol–water partition coefficient (Wildman–Crippen LogP) is 3.41. The van der Waals surface area contributed by atoms with Crippen molar-refractivity contribution in [3.63, 3.8) is 0 Å². The maximum atomic E-state index is 11.3. The summed E-state index contributed by atoms with van der Waals surface area (Å²) < 4.78 is 1.34. The first-order chi connectivity index (χ1) is 8.25. The molecule has 2 aromatic rings. The molecule has 88 valence electrons. The Kier molecular flexibility index (Phi) is 2.63. The fraction of sp³-hybridized carbons (Fsp3) is 0.357. The molecular formula is C14H15NOS. The first-order valence-corrected chi connectivity index (χ1v) is 6.85. The molecule has 1 aromatic carbocycles. The normalized spacial score (nSPS) is 19.0. The summed E-state index contributed by atoms with van der Waals surface area (Å²) in [5.41, 5.74) is 1.37. The van der Waals surface area contributed by atoms with Gasteiger partial charge < -0.3 is 5.32 Å². The van der Waals surface area contributed by atoms with Crippen molar-refractivity contribution in [2.75, 3.05) is 0 Å². The van der Waals surface area contributed by atoms with Gasteiger partial charge in [-0.15, -0.1) is 11.3 Å². The van der Waals surface area contributed by atoms with Gasteiger partial charge in [0.1, 0.15) is 0 Å². The molecule has 1 heterocycles. The lowest BCUT2D eigenvalue weighted by atomic mass is 9.91. The number of hydrogen-bond donors (Lipinski definition) is 1. The van der Waals surface area contributed by atoms with Gasteiger partial charge in [0.2, 0.25) is 5.91 Å². The summed E-state index contributed by atoms with van der Waals surface area (Å²) in [6, 6.07) is 8.72. The predicted molar refractivity (Wildman–Crippen MR) is 71.3 cm³/mol. The van der Waals surface area contributed by atoms with E-state index in [1.807, 2.05) is 11.3 Å². The van der Waals surface area contributed by atoms with Crippen LogP contribution in [-0.4, -0.2) is 5.91 Å². The summed E-state index contributed by atoms with van der Waals surface area (Å²) in [6.45, 7) is 1.60. The third-order valence-electron chi connectivity index (χ3n) is 3.33. The molecule has 1 amide bonds. The van der Waals surface area contributed by atoms with Crippen molar-refractivity contribution in [1.82, 2.24) is 5.32 Å². The molecule has 1 unspecified atom stereocenters. The van der Waals surface area contributed by atoms with Gasteiger partial charge in [0.25, 0.3) is 0 Å². The van der Waals surface area contributed by atoms with Crippen molar-refractivity contribution in [3.8, 4) is 0 Å². The molecular weight excluding hydrogens is 230 g/mol. The van der Waals surface area contributed by atoms with Crippen LogP contribution in [0.2, 0.25) is 0 Å². The molecule has 0 saturated heterocycles. The van der Waals surface area contributed by atoms with Gasteiger partial charge in [-0.2, -0.15) is 0 Å². The van der Waals surface area contributed by atoms with Crippen molar-refractivity contribution < 1.29 is 4.79 Å². The maximum absolute atomic E-state index is 11.3. The Morgan fingerprint density at radius 3 is 3.06 bits per heavy atom. The highest BCUT2D eigenvalue weighted by atomic mass is 32.1. The van der Waals surface area contributed by atoms with Crippen LogP contribution in [0.5, 0.6) is 0 Å². The van der Waals surface area contributed by atoms with Gasteiger partial charge in [-0.3, -0.25) is 4.79 Å². The van der Waals surface area contributed by atoms with Gasteiger partial charge >= 0.3 is 0 Å². The van der Waals surface area contributed by atoms with E-state index >= 15 is 0 Å². The molecule has 0 bridgehead atoms. The number of rotatable bonds is 1. The highest BCUT2D eigenvalue weighted by Gasteiger charge is 2.25. The Labute approximate surface area is 105 Å². The lowest BCUT2D eigenvalue weighted by Crippen LogP contribution is -2.28. The second kappa shape index (κ2) is 4.15. The molecule has 0 aliphatic heterocycles. The third-order valence-corrected chi connectivity index (χ3v) is 4.58. The lowest BCUT2D eigenvalue weighted by molar-refractivity contribution is -0.119. The van der Waals surface area contributed by atoms with Crippen LogP contribution < -0.4 is 5.32 Å². The van der Waals surface area contributed by atoms with E-state index in [-0.39, 0.29) is 11.9 Å². The fourth-order valence-electron chi connectivity index (χ4n) is 2.68. The SMILES string of the molecule is CC(=O)NC1CCCc2sc3ccccc3c21. The second-order valence-electron chi connectivity index (χ2n) is 4.58. The number of nitrogens with one attached hydrogen (secondary N) is 1. The van der Waals surface area contributed by atoms with E-state index < -0.39 is 0 Å². The van der Waals surface area contributed by atoms with E-state index in [9.17, 15) is 4.79 Å². The smallest absolute Gasteiger partial charge is 0.217 e. The van der Waals surface area contributed by atoms with Crippen molar-refractivity contribution >= 4 is 27.3 Å². The average Bonchev–Trinajstić information content (AvgIpc) is 2.67. The molecule has 1 N–H and O–H groups in total. The van der Waals surface area contributed by atoms with Crippen molar-refractivity contribution in [3.05, 3.63) is 34.7 Å². The molecule has 1 aliphatic carbocycles. The fourth-order valence-corrected chi connectivity index (χ4v) is 3.99. The van der Waals surface area contributed by atoms with Gasteiger partial charge in [0.05, 0.1) is 6.04 Å². The standard InChI is InChI=1S/C14H15NOS/c1-9(16)15-11-6-4-8-13-14(11)10-5-2-3-7-12(10)17-13/h2-3,5,7,11H,4,6,8H2,1H3,(H,15,16). The number of hydrogen-bond acceptors (Lipinski definition) is 2. The van der Waals surface area contributed by atoms with E-state index in [0.717, 1.165) is 12.8 Å². The number of aryl methyl sites for hydroxylation is 1. The van der Waals surface area contributed by atoms with Crippen LogP contribution in [0.15, 0.2) is 24.3 Å². The summed E-state index contributed by atoms with van der Waals surface area (Å²) in [5, 5.41) is 4.41. The first kappa shape index (κ1) is 10.8. The molecule has 3 heteroatoms. The molecule has 0 spiro atoms. The van der Waals surface area contributed by atoms with Crippen LogP contribution in [0.1, 0.15) is 36.2 Å². The molecule has 0 radical (unpaired) electrons. The minimum Gasteiger partial charge on any atom is -0.349 e. The maximum Gasteiger partial charge on any atom is 0.217 e. The summed E-state index contributed by atoms with van der Waals surface area (Å²) in [5.74, 6) is 0.0677. The quantitative estimate of drug-likeness (QED) is 0.819. The summed E-state index contributed by atoms with van der Waals surface area (Å²) >= 11 is 1.88. The van der Waals surface area contributed by atoms with Crippen LogP contribution in [0.4, 0.5) is 0 Å². The minimum atomic E-state index is 0.0677. The Morgan fingerprint density at radius 1 is 1.41 bits per heavy atom. The molecule has 0 fully saturated rings. The van der Waals surface area contributed by atoms with E-state index in [1.165, 1.54) is 26.9 Å². The zero-order valence-corrected chi connectivity index (χ0v) is 10.6. The Balaban J connectivity index is 2.13. The van der Waals surface area contributed by atoms with Crippen LogP contribution in [0, 0.1) is 0 Å². The second-order valence-corrected chi connectivity index (χ2v) is 5.72. The summed E-state index contributed by atoms with van der Waals surface area (Å²) in [6.07, 6.45) is 3.39. The number of thiophene rings is 1. The third kappa shape index (κ3) is 1.84. The molecule has 1 aromatic heterocycles. The molecule has 17 heavy (non-hydrogen) atoms. The topological polar surface area (TPSA) is 29.1 Å². The monoisotopic (exact) mass is 245 g/mol. The Bertz CT molecular complexity index is 573. The molecule has 2 nitrogen and oxygen atoms in total. The number of carbonyl (C=O) groups excluding carboxylic acids is 1. The Hall–Kier alpha value is -1.35. The zero-order valence-electron chi connectivity index (χ0n) is 9.82. The van der Waals surface area contributed by atoms with Crippen molar-refractivity contribution in [2.24, 2.45) is 0 Å². The van der Waals surface area contributed by atoms with Gasteiger partial charge in [0, 0.05) is 16.5 Å². The van der Waals surface area contributed by atoms with E-state index in [1.54, 1.807) is 6.92 Å². The van der Waals surface area contributed by atoms with Crippen LogP contribution in [-0.2, 0) is 11.2 Å². The minimum absolute atomic E-state index is 0.0677. The lowest BCUT2D eigenvalue weighted by Gasteiger charge is -2.23. The summed E-state index contributed by atoms with van der Waals surface area (Å²) in [4.78, 5) is 12.7. The highest BCUT2D eigenvalue weighted by Crippen LogP contribution is 2.40. The summed E-state index contributed by atoms with van der Waals surface area (Å²) in [7, 11) is 0. The van der Waals surface area contributed by atoms with Crippen LogP contribution in [0.3, 0.4) is 0 Å². The molecule has 1 aliphatic rings. The number of benzene rings is 1. The highest BCUT2D eigenvalue weighted by molar-refractivity contribution is 7.19. The van der Waals surface area contributed by atoms with E-state index in [2.05, 4.69) is 29.6 Å². The Morgan fingerprint density at radius 2 is 2.24 bits per heavy atom. The molecule has 0 saturated carbocycles. The molecule has 1 atom stereocenters. The van der Waals surface area contributed by atoms with Crippen molar-refractivity contribution in [1.29, 1.82) is 0 Å². The van der Waals surface area contributed by atoms with Crippen LogP contribution in [0.25, 0.3) is 10.1 Å². The van der Waals surface area contributed by atoms with Crippen LogP contribution >= 0.6 is 11.3 Å². The average molecular weight is 245 g/mol. The molecule has 3 rings (SSSR count). The zero-order chi connectivity index (χ0) is 11.8. The largest absolute Gasteiger partial charge is 0.349 e. The number of carbonyl (C=O) groups is 1. The van der Waals surface area contributed by atoms with E-state index in [4.69, 9.17) is 0 Å². The number of fused-ring (bicyclic) bond motifs is 3. The van der Waals surface area contributed by atoms with E-state index in [0.29, 0.717) is 0 Å². The van der Waals surface area contributed by atoms with Gasteiger partial charge in [-0.25, -0.2) is 0 Å². The van der Waals surface area contributed by atoms with Gasteiger partial charge in [-0.1, -0.05) is 18.2 Å². The van der Waals surface area contributed by atoms with Crippen molar-refractivity contribution in [2.45, 2.75) is 32.2 Å². The van der Waals surface area contributed by atoms with Gasteiger partial charge in [-0.05, 0) is 36.3 Å². The van der Waals surface area contributed by atoms with Gasteiger partial charge in [0.15, 0.2) is 0 Å². The number of amides is 1. The first-order valence-electron chi connectivity index (χ1n) is 6.03.